The number of nitrogens with one attached hydrogen (secondary N) is 1. The van der Waals surface area contributed by atoms with Gasteiger partial charge in [0.1, 0.15) is 17.3 Å². The van der Waals surface area contributed by atoms with Crippen molar-refractivity contribution in [2.24, 2.45) is 0 Å². The van der Waals surface area contributed by atoms with Gasteiger partial charge in [-0.05, 0) is 30.9 Å². The third-order valence-electron chi connectivity index (χ3n) is 3.94. The van der Waals surface area contributed by atoms with Crippen molar-refractivity contribution in [3.8, 4) is 0 Å². The lowest BCUT2D eigenvalue weighted by Gasteiger charge is -2.15. The molecule has 0 unspecified atom stereocenters. The van der Waals surface area contributed by atoms with Crippen molar-refractivity contribution in [2.45, 2.75) is 19.3 Å². The Morgan fingerprint density at radius 3 is 2.65 bits per heavy atom. The lowest BCUT2D eigenvalue weighted by molar-refractivity contribution is 0.0948. The topological polar surface area (TPSA) is 58.1 Å². The fourth-order valence-electron chi connectivity index (χ4n) is 2.65. The molecule has 0 spiro atoms. The average molecular weight is 314 g/mol. The molecule has 2 heterocycles. The van der Waals surface area contributed by atoms with Crippen LogP contribution in [0.3, 0.4) is 0 Å². The van der Waals surface area contributed by atoms with Gasteiger partial charge < -0.3 is 10.2 Å². The summed E-state index contributed by atoms with van der Waals surface area (Å²) in [5, 5.41) is 2.74. The van der Waals surface area contributed by atoms with Gasteiger partial charge in [-0.3, -0.25) is 4.79 Å². The monoisotopic (exact) mass is 314 g/mol. The first-order chi connectivity index (χ1) is 11.2. The van der Waals surface area contributed by atoms with Crippen molar-refractivity contribution < 1.29 is 9.18 Å². The van der Waals surface area contributed by atoms with Crippen molar-refractivity contribution in [1.82, 2.24) is 15.3 Å². The predicted molar refractivity (Wildman–Crippen MR) is 85.9 cm³/mol. The zero-order valence-corrected chi connectivity index (χ0v) is 12.8. The van der Waals surface area contributed by atoms with Gasteiger partial charge in [-0.15, -0.1) is 0 Å². The van der Waals surface area contributed by atoms with Gasteiger partial charge in [0.15, 0.2) is 0 Å². The third kappa shape index (κ3) is 3.83. The molecule has 120 valence electrons. The van der Waals surface area contributed by atoms with Crippen LogP contribution in [0, 0.1) is 5.82 Å². The van der Waals surface area contributed by atoms with Crippen LogP contribution in [0.4, 0.5) is 10.2 Å². The molecule has 0 bridgehead atoms. The van der Waals surface area contributed by atoms with Crippen LogP contribution in [0.15, 0.2) is 36.7 Å². The number of carbonyl (C=O) groups excluding carboxylic acids is 1. The molecule has 23 heavy (non-hydrogen) atoms. The maximum absolute atomic E-state index is 13.5. The van der Waals surface area contributed by atoms with Crippen molar-refractivity contribution >= 4 is 11.7 Å². The molecule has 1 N–H and O–H groups in total. The second-order valence-corrected chi connectivity index (χ2v) is 5.55. The molecule has 0 radical (unpaired) electrons. The van der Waals surface area contributed by atoms with E-state index in [4.69, 9.17) is 0 Å². The summed E-state index contributed by atoms with van der Waals surface area (Å²) >= 11 is 0. The summed E-state index contributed by atoms with van der Waals surface area (Å²) in [4.78, 5) is 22.7. The van der Waals surface area contributed by atoms with Crippen LogP contribution in [0.25, 0.3) is 0 Å². The zero-order valence-electron chi connectivity index (χ0n) is 12.8. The summed E-state index contributed by atoms with van der Waals surface area (Å²) in [5.41, 5.74) is 0.866. The number of anilines is 1. The van der Waals surface area contributed by atoms with Gasteiger partial charge in [-0.25, -0.2) is 14.4 Å². The maximum Gasteiger partial charge on any atom is 0.271 e. The van der Waals surface area contributed by atoms with Gasteiger partial charge in [0.25, 0.3) is 5.91 Å². The Balaban J connectivity index is 1.53. The lowest BCUT2D eigenvalue weighted by Crippen LogP contribution is -2.27. The van der Waals surface area contributed by atoms with E-state index < -0.39 is 0 Å². The number of nitrogens with zero attached hydrogens (tertiary/aromatic N) is 3. The third-order valence-corrected chi connectivity index (χ3v) is 3.94. The Labute approximate surface area is 134 Å². The highest BCUT2D eigenvalue weighted by atomic mass is 19.1. The highest BCUT2D eigenvalue weighted by Crippen LogP contribution is 2.16. The molecule has 1 aliphatic rings. The van der Waals surface area contributed by atoms with Gasteiger partial charge in [-0.1, -0.05) is 18.2 Å². The molecule has 1 fully saturated rings. The van der Waals surface area contributed by atoms with E-state index in [1.165, 1.54) is 25.1 Å². The number of rotatable bonds is 5. The first kappa shape index (κ1) is 15.4. The van der Waals surface area contributed by atoms with Crippen LogP contribution in [-0.2, 0) is 6.42 Å². The summed E-state index contributed by atoms with van der Waals surface area (Å²) < 4.78 is 13.5. The van der Waals surface area contributed by atoms with E-state index in [9.17, 15) is 9.18 Å². The smallest absolute Gasteiger partial charge is 0.271 e. The van der Waals surface area contributed by atoms with Crippen LogP contribution in [-0.4, -0.2) is 35.5 Å². The standard InChI is InChI=1S/C17H19FN4O/c18-14-6-2-1-5-13(14)7-8-19-17(23)15-11-21-16(12-20-15)22-9-3-4-10-22/h1-2,5-6,11-12H,3-4,7-10H2,(H,19,23). The number of hydrogen-bond acceptors (Lipinski definition) is 4. The number of amides is 1. The summed E-state index contributed by atoms with van der Waals surface area (Å²) in [6, 6.07) is 6.56. The fraction of sp³-hybridized carbons (Fsp3) is 0.353. The molecule has 1 aromatic heterocycles. The molecule has 3 rings (SSSR count). The second kappa shape index (κ2) is 7.17. The van der Waals surface area contributed by atoms with E-state index in [1.54, 1.807) is 24.4 Å². The number of benzene rings is 1. The zero-order chi connectivity index (χ0) is 16.1. The molecule has 0 saturated carbocycles. The Morgan fingerprint density at radius 2 is 1.96 bits per heavy atom. The maximum atomic E-state index is 13.5. The van der Waals surface area contributed by atoms with Gasteiger partial charge in [-0.2, -0.15) is 0 Å². The molecule has 2 aromatic rings. The lowest BCUT2D eigenvalue weighted by atomic mass is 10.1. The van der Waals surface area contributed by atoms with Gasteiger partial charge in [0.05, 0.1) is 12.4 Å². The Kier molecular flexibility index (Phi) is 4.80. The second-order valence-electron chi connectivity index (χ2n) is 5.55. The highest BCUT2D eigenvalue weighted by Gasteiger charge is 2.15. The van der Waals surface area contributed by atoms with Gasteiger partial charge >= 0.3 is 0 Å². The summed E-state index contributed by atoms with van der Waals surface area (Å²) in [6.07, 6.45) is 5.90. The van der Waals surface area contributed by atoms with Crippen molar-refractivity contribution in [3.05, 3.63) is 53.7 Å². The van der Waals surface area contributed by atoms with Gasteiger partial charge in [0.2, 0.25) is 0 Å². The summed E-state index contributed by atoms with van der Waals surface area (Å²) in [7, 11) is 0. The minimum atomic E-state index is -0.290. The molecule has 0 aliphatic carbocycles. The first-order valence-corrected chi connectivity index (χ1v) is 7.82. The fourth-order valence-corrected chi connectivity index (χ4v) is 2.65. The summed E-state index contributed by atoms with van der Waals surface area (Å²) in [5.74, 6) is 0.267. The highest BCUT2D eigenvalue weighted by molar-refractivity contribution is 5.92. The van der Waals surface area contributed by atoms with E-state index >= 15 is 0 Å². The number of hydrogen-bond donors (Lipinski definition) is 1. The van der Waals surface area contributed by atoms with Crippen molar-refractivity contribution in [2.75, 3.05) is 24.5 Å². The number of halogens is 1. The SMILES string of the molecule is O=C(NCCc1ccccc1F)c1cnc(N2CCCC2)cn1. The van der Waals surface area contributed by atoms with Crippen molar-refractivity contribution in [3.63, 3.8) is 0 Å². The largest absolute Gasteiger partial charge is 0.355 e. The quantitative estimate of drug-likeness (QED) is 0.919. The van der Waals surface area contributed by atoms with Crippen LogP contribution in [0.2, 0.25) is 0 Å². The van der Waals surface area contributed by atoms with Gasteiger partial charge in [0, 0.05) is 19.6 Å². The molecule has 1 saturated heterocycles. The first-order valence-electron chi connectivity index (χ1n) is 7.82. The minimum absolute atomic E-state index is 0.253. The van der Waals surface area contributed by atoms with E-state index in [2.05, 4.69) is 20.2 Å². The van der Waals surface area contributed by atoms with E-state index in [1.807, 2.05) is 0 Å². The molecule has 0 atom stereocenters. The molecule has 1 aliphatic heterocycles. The van der Waals surface area contributed by atoms with E-state index in [0.717, 1.165) is 18.9 Å². The van der Waals surface area contributed by atoms with E-state index in [-0.39, 0.29) is 17.4 Å². The molecule has 6 heteroatoms. The molecule has 1 aromatic carbocycles. The molecule has 5 nitrogen and oxygen atoms in total. The number of aromatic nitrogens is 2. The predicted octanol–water partition coefficient (Wildman–Crippen LogP) is 2.19. The molecular formula is C17H19FN4O. The summed E-state index contributed by atoms with van der Waals surface area (Å²) in [6.45, 7) is 2.33. The molecule has 1 amide bonds. The number of carbonyl (C=O) groups is 1. The normalized spacial score (nSPS) is 14.0. The molecular weight excluding hydrogens is 295 g/mol. The van der Waals surface area contributed by atoms with E-state index in [0.29, 0.717) is 18.5 Å². The Hall–Kier alpha value is -2.50. The van der Waals surface area contributed by atoms with Crippen LogP contribution < -0.4 is 10.2 Å². The van der Waals surface area contributed by atoms with Crippen molar-refractivity contribution in [1.29, 1.82) is 0 Å². The van der Waals surface area contributed by atoms with Crippen LogP contribution in [0.5, 0.6) is 0 Å². The van der Waals surface area contributed by atoms with Crippen LogP contribution in [0.1, 0.15) is 28.9 Å². The Morgan fingerprint density at radius 1 is 1.17 bits per heavy atom. The van der Waals surface area contributed by atoms with Crippen LogP contribution >= 0.6 is 0 Å². The minimum Gasteiger partial charge on any atom is -0.355 e. The average Bonchev–Trinajstić information content (AvgIpc) is 3.11. The Bertz CT molecular complexity index is 669.